The van der Waals surface area contributed by atoms with Crippen molar-refractivity contribution < 1.29 is 48.5 Å². The molecule has 3 N–H and O–H groups in total. The number of hydrogen-bond acceptors (Lipinski definition) is 10. The van der Waals surface area contributed by atoms with Gasteiger partial charge in [0.25, 0.3) is 0 Å². The van der Waals surface area contributed by atoms with Gasteiger partial charge in [-0.3, -0.25) is 4.79 Å². The summed E-state index contributed by atoms with van der Waals surface area (Å²) in [5.74, 6) is -0.180. The Kier molecular flexibility index (Phi) is 31.5. The number of carbonyl (C=O) groups excluding carboxylic acids is 1. The maximum atomic E-state index is 12.3. The first-order valence-electron chi connectivity index (χ1n) is 19.2. The molecule has 0 amide bonds. The summed E-state index contributed by atoms with van der Waals surface area (Å²) in [6, 6.07) is 0. The Morgan fingerprint density at radius 1 is 0.500 bits per heavy atom. The van der Waals surface area contributed by atoms with Crippen LogP contribution >= 0.6 is 0 Å². The number of ether oxygens (including phenoxy) is 6. The van der Waals surface area contributed by atoms with Crippen molar-refractivity contribution in [1.29, 1.82) is 0 Å². The third kappa shape index (κ3) is 31.2. The van der Waals surface area contributed by atoms with Gasteiger partial charge in [-0.2, -0.15) is 0 Å². The molecule has 0 aromatic carbocycles. The van der Waals surface area contributed by atoms with Crippen LogP contribution in [0.1, 0.15) is 144 Å². The van der Waals surface area contributed by atoms with Crippen LogP contribution in [0.25, 0.3) is 0 Å². The van der Waals surface area contributed by atoms with Crippen molar-refractivity contribution in [1.82, 2.24) is 0 Å². The van der Waals surface area contributed by atoms with Crippen LogP contribution in [0.4, 0.5) is 0 Å². The second-order valence-electron chi connectivity index (χ2n) is 14.3. The number of esters is 1. The molecule has 0 radical (unpaired) electrons. The standard InChI is InChI=1S/C38H76O10/c1-7-8-9-10-11-12-13-14-15-16-17-18-19-20-21-22-37(42)48-36(6)27-47-35(5)26-46-31-38(28-43-23-32(2)39,29-44-24-33(3)40)30-45-25-34(4)41/h32-36,39-41H,7-31H2,1-6H3. The zero-order valence-electron chi connectivity index (χ0n) is 31.8. The van der Waals surface area contributed by atoms with Crippen molar-refractivity contribution in [2.24, 2.45) is 5.41 Å². The number of hydrogen-bond donors (Lipinski definition) is 3. The van der Waals surface area contributed by atoms with Crippen LogP contribution < -0.4 is 0 Å². The molecule has 10 heteroatoms. The zero-order chi connectivity index (χ0) is 35.9. The van der Waals surface area contributed by atoms with Gasteiger partial charge in [0.1, 0.15) is 6.10 Å². The Hall–Kier alpha value is -0.850. The highest BCUT2D eigenvalue weighted by atomic mass is 16.6. The summed E-state index contributed by atoms with van der Waals surface area (Å²) in [6.45, 7) is 12.7. The average Bonchev–Trinajstić information content (AvgIpc) is 3.01. The quantitative estimate of drug-likeness (QED) is 0.0477. The minimum atomic E-state index is -0.728. The van der Waals surface area contributed by atoms with E-state index in [9.17, 15) is 20.1 Å². The maximum Gasteiger partial charge on any atom is 0.306 e. The van der Waals surface area contributed by atoms with Crippen molar-refractivity contribution in [3.63, 3.8) is 0 Å². The van der Waals surface area contributed by atoms with E-state index in [2.05, 4.69) is 6.92 Å². The van der Waals surface area contributed by atoms with E-state index in [1.807, 2.05) is 13.8 Å². The van der Waals surface area contributed by atoms with Gasteiger partial charge in [0.05, 0.1) is 89.3 Å². The summed E-state index contributed by atoms with van der Waals surface area (Å²) in [6.07, 6.45) is 17.3. The highest BCUT2D eigenvalue weighted by Gasteiger charge is 2.33. The molecule has 0 bridgehead atoms. The lowest BCUT2D eigenvalue weighted by molar-refractivity contribution is -0.154. The molecule has 0 aromatic rings. The minimum absolute atomic E-state index is 0.143. The summed E-state index contributed by atoms with van der Waals surface area (Å²) >= 11 is 0. The van der Waals surface area contributed by atoms with Crippen LogP contribution in [0.5, 0.6) is 0 Å². The lowest BCUT2D eigenvalue weighted by atomic mass is 9.92. The molecule has 0 aliphatic rings. The van der Waals surface area contributed by atoms with E-state index in [0.29, 0.717) is 6.42 Å². The summed E-state index contributed by atoms with van der Waals surface area (Å²) in [4.78, 5) is 12.3. The number of rotatable bonds is 36. The Morgan fingerprint density at radius 3 is 1.23 bits per heavy atom. The van der Waals surface area contributed by atoms with E-state index in [0.717, 1.165) is 12.8 Å². The monoisotopic (exact) mass is 693 g/mol. The summed E-state index contributed by atoms with van der Waals surface area (Å²) < 4.78 is 34.7. The lowest BCUT2D eigenvalue weighted by Gasteiger charge is -2.34. The van der Waals surface area contributed by atoms with Crippen LogP contribution in [0, 0.1) is 5.41 Å². The second kappa shape index (κ2) is 32.1. The van der Waals surface area contributed by atoms with Gasteiger partial charge in [-0.05, 0) is 41.0 Å². The SMILES string of the molecule is CCCCCCCCCCCCCCCCCC(=O)OC(C)COC(C)COCC(COCC(C)O)(COCC(C)O)COCC(C)O. The van der Waals surface area contributed by atoms with Crippen molar-refractivity contribution >= 4 is 5.97 Å². The molecule has 0 aliphatic carbocycles. The first-order valence-corrected chi connectivity index (χ1v) is 19.2. The summed E-state index contributed by atoms with van der Waals surface area (Å²) in [7, 11) is 0. The van der Waals surface area contributed by atoms with Crippen molar-refractivity contribution in [3.05, 3.63) is 0 Å². The lowest BCUT2D eigenvalue weighted by Crippen LogP contribution is -2.43. The molecule has 0 saturated heterocycles. The maximum absolute atomic E-state index is 12.3. The highest BCUT2D eigenvalue weighted by molar-refractivity contribution is 5.69. The molecule has 0 fully saturated rings. The van der Waals surface area contributed by atoms with Crippen LogP contribution in [0.2, 0.25) is 0 Å². The third-order valence-corrected chi connectivity index (χ3v) is 8.00. The van der Waals surface area contributed by atoms with E-state index in [1.54, 1.807) is 20.8 Å². The second-order valence-corrected chi connectivity index (χ2v) is 14.3. The molecule has 0 rings (SSSR count). The highest BCUT2D eigenvalue weighted by Crippen LogP contribution is 2.22. The molecule has 0 saturated carbocycles. The summed E-state index contributed by atoms with van der Waals surface area (Å²) in [5, 5.41) is 29.0. The number of aliphatic hydroxyl groups excluding tert-OH is 3. The van der Waals surface area contributed by atoms with Crippen LogP contribution in [-0.4, -0.2) is 111 Å². The molecule has 5 atom stereocenters. The van der Waals surface area contributed by atoms with Gasteiger partial charge >= 0.3 is 5.97 Å². The molecule has 0 heterocycles. The molecule has 288 valence electrons. The molecule has 48 heavy (non-hydrogen) atoms. The van der Waals surface area contributed by atoms with Crippen molar-refractivity contribution in [3.8, 4) is 0 Å². The fraction of sp³-hybridized carbons (Fsp3) is 0.974. The normalized spacial score (nSPS) is 16.3. The number of carbonyl (C=O) groups is 1. The van der Waals surface area contributed by atoms with Gasteiger partial charge in [0, 0.05) is 6.42 Å². The molecule has 0 aliphatic heterocycles. The third-order valence-electron chi connectivity index (χ3n) is 8.00. The molecule has 5 unspecified atom stereocenters. The number of unbranched alkanes of at least 4 members (excludes halogenated alkanes) is 14. The topological polar surface area (TPSA) is 133 Å². The van der Waals surface area contributed by atoms with Gasteiger partial charge < -0.3 is 43.7 Å². The first-order chi connectivity index (χ1) is 23.0. The van der Waals surface area contributed by atoms with Crippen LogP contribution in [0.15, 0.2) is 0 Å². The first kappa shape index (κ1) is 47.1. The predicted octanol–water partition coefficient (Wildman–Crippen LogP) is 6.78. The molecule has 10 nitrogen and oxygen atoms in total. The smallest absolute Gasteiger partial charge is 0.306 e. The van der Waals surface area contributed by atoms with Gasteiger partial charge in [-0.15, -0.1) is 0 Å². The largest absolute Gasteiger partial charge is 0.460 e. The Labute approximate surface area is 293 Å². The Bertz CT molecular complexity index is 667. The van der Waals surface area contributed by atoms with Crippen LogP contribution in [-0.2, 0) is 33.2 Å². The van der Waals surface area contributed by atoms with Crippen molar-refractivity contribution in [2.75, 3.05) is 59.5 Å². The van der Waals surface area contributed by atoms with E-state index in [-0.39, 0.29) is 77.6 Å². The van der Waals surface area contributed by atoms with E-state index in [4.69, 9.17) is 28.4 Å². The molecular formula is C38H76O10. The van der Waals surface area contributed by atoms with Gasteiger partial charge in [0.2, 0.25) is 0 Å². The van der Waals surface area contributed by atoms with Crippen molar-refractivity contribution in [2.45, 2.75) is 175 Å². The fourth-order valence-electron chi connectivity index (χ4n) is 5.34. The average molecular weight is 693 g/mol. The molecular weight excluding hydrogens is 616 g/mol. The Balaban J connectivity index is 4.25. The predicted molar refractivity (Wildman–Crippen MR) is 191 cm³/mol. The van der Waals surface area contributed by atoms with E-state index >= 15 is 0 Å². The van der Waals surface area contributed by atoms with E-state index < -0.39 is 23.7 Å². The fourth-order valence-corrected chi connectivity index (χ4v) is 5.34. The van der Waals surface area contributed by atoms with Crippen LogP contribution in [0.3, 0.4) is 0 Å². The van der Waals surface area contributed by atoms with Gasteiger partial charge in [-0.1, -0.05) is 96.8 Å². The minimum Gasteiger partial charge on any atom is -0.460 e. The van der Waals surface area contributed by atoms with E-state index in [1.165, 1.54) is 83.5 Å². The summed E-state index contributed by atoms with van der Waals surface area (Å²) in [5.41, 5.74) is -0.728. The zero-order valence-corrected chi connectivity index (χ0v) is 31.8. The van der Waals surface area contributed by atoms with Gasteiger partial charge in [-0.25, -0.2) is 0 Å². The molecule has 0 aromatic heterocycles. The number of aliphatic hydroxyl groups is 3. The molecule has 0 spiro atoms. The Morgan fingerprint density at radius 2 is 0.854 bits per heavy atom. The van der Waals surface area contributed by atoms with Gasteiger partial charge in [0.15, 0.2) is 0 Å².